The van der Waals surface area contributed by atoms with Crippen LogP contribution < -0.4 is 4.74 Å². The van der Waals surface area contributed by atoms with Crippen LogP contribution in [0.2, 0.25) is 0 Å². The van der Waals surface area contributed by atoms with Crippen molar-refractivity contribution in [3.05, 3.63) is 35.5 Å². The topological polar surface area (TPSA) is 109 Å². The molecule has 6 aliphatic rings. The van der Waals surface area contributed by atoms with Crippen LogP contribution >= 0.6 is 0 Å². The Labute approximate surface area is 221 Å². The molecule has 6 heterocycles. The number of amides is 1. The number of pyridine rings is 1. The highest BCUT2D eigenvalue weighted by Gasteiger charge is 2.72. The standard InChI is InChI=1S/C28H35N5O5/c1-17(37-20-4-5-23-22(10-20)21-7-9-36-13-18(21)11-29-23)27(3)16-33(31-30-27)28-14-26(2,15-28)38-24(28)25(35)32-8-6-19(34)12-32/h4-5,10-11,17,19,24,34H,6-9,12-16H2,1-3H3/t17-,19?,24?,26?,27?,28?/m1/s1. The largest absolute Gasteiger partial charge is 0.488 e. The number of hydrogen-bond acceptors (Lipinski definition) is 9. The van der Waals surface area contributed by atoms with Gasteiger partial charge < -0.3 is 24.2 Å². The lowest BCUT2D eigenvalue weighted by molar-refractivity contribution is -0.144. The summed E-state index contributed by atoms with van der Waals surface area (Å²) in [6.07, 6.45) is 3.56. The number of rotatable bonds is 5. The second kappa shape index (κ2) is 8.34. The van der Waals surface area contributed by atoms with Crippen molar-refractivity contribution >= 4 is 16.8 Å². The molecule has 1 N–H and O–H groups in total. The first kappa shape index (κ1) is 24.2. The first-order valence-electron chi connectivity index (χ1n) is 13.7. The summed E-state index contributed by atoms with van der Waals surface area (Å²) in [6, 6.07) is 6.05. The number of carbonyl (C=O) groups excluding carboxylic acids is 1. The van der Waals surface area contributed by atoms with E-state index in [0.29, 0.717) is 39.3 Å². The van der Waals surface area contributed by atoms with Crippen molar-refractivity contribution in [3.63, 3.8) is 0 Å². The van der Waals surface area contributed by atoms with Crippen molar-refractivity contribution in [2.45, 2.75) is 88.1 Å². The van der Waals surface area contributed by atoms with Gasteiger partial charge in [0, 0.05) is 37.5 Å². The number of fused-ring (bicyclic) bond motifs is 4. The number of aliphatic hydroxyl groups is 1. The van der Waals surface area contributed by atoms with Crippen molar-refractivity contribution in [2.24, 2.45) is 10.3 Å². The van der Waals surface area contributed by atoms with Gasteiger partial charge in [-0.25, -0.2) is 0 Å². The third-order valence-corrected chi connectivity index (χ3v) is 9.30. The molecule has 1 aromatic heterocycles. The fourth-order valence-corrected chi connectivity index (χ4v) is 7.04. The fraction of sp³-hybridized carbons (Fsp3) is 0.643. The Hall–Kier alpha value is -2.82. The average molecular weight is 522 g/mol. The molecule has 4 fully saturated rings. The predicted octanol–water partition coefficient (Wildman–Crippen LogP) is 2.80. The lowest BCUT2D eigenvalue weighted by Gasteiger charge is -2.48. The zero-order chi connectivity index (χ0) is 26.3. The SMILES string of the molecule is C[C@@H](Oc1ccc2ncc3c(c2c1)CCOC3)C1(C)CN(C23CC(C)(C2)OC3C(=O)N2CCC(O)C2)N=N1. The quantitative estimate of drug-likeness (QED) is 0.644. The third kappa shape index (κ3) is 3.64. The summed E-state index contributed by atoms with van der Waals surface area (Å²) in [4.78, 5) is 19.8. The third-order valence-electron chi connectivity index (χ3n) is 9.30. The van der Waals surface area contributed by atoms with E-state index in [2.05, 4.69) is 30.1 Å². The zero-order valence-electron chi connectivity index (χ0n) is 22.2. The van der Waals surface area contributed by atoms with E-state index in [1.807, 2.05) is 30.3 Å². The molecule has 1 amide bonds. The van der Waals surface area contributed by atoms with Gasteiger partial charge in [-0.3, -0.25) is 14.8 Å². The van der Waals surface area contributed by atoms with E-state index in [4.69, 9.17) is 19.3 Å². The minimum atomic E-state index is -0.599. The maximum atomic E-state index is 13.4. The average Bonchev–Trinajstić information content (AvgIpc) is 3.65. The van der Waals surface area contributed by atoms with Crippen LogP contribution in [0.25, 0.3) is 10.9 Å². The molecule has 4 atom stereocenters. The number of benzene rings is 1. The Bertz CT molecular complexity index is 1330. The van der Waals surface area contributed by atoms with E-state index in [1.165, 1.54) is 5.56 Å². The van der Waals surface area contributed by atoms with Gasteiger partial charge in [-0.15, -0.1) is 0 Å². The second-order valence-corrected chi connectivity index (χ2v) is 12.2. The molecular weight excluding hydrogens is 486 g/mol. The van der Waals surface area contributed by atoms with Gasteiger partial charge in [0.1, 0.15) is 22.9 Å². The fourth-order valence-electron chi connectivity index (χ4n) is 7.04. The molecule has 2 bridgehead atoms. The molecule has 5 aliphatic heterocycles. The zero-order valence-corrected chi connectivity index (χ0v) is 22.2. The summed E-state index contributed by atoms with van der Waals surface area (Å²) >= 11 is 0. The summed E-state index contributed by atoms with van der Waals surface area (Å²) in [7, 11) is 0. The van der Waals surface area contributed by atoms with E-state index >= 15 is 0 Å². The Balaban J connectivity index is 1.09. The van der Waals surface area contributed by atoms with Crippen LogP contribution in [0.4, 0.5) is 0 Å². The van der Waals surface area contributed by atoms with E-state index in [1.54, 1.807) is 4.90 Å². The highest BCUT2D eigenvalue weighted by atomic mass is 16.5. The number of likely N-dealkylation sites (tertiary alicyclic amines) is 1. The molecule has 10 nitrogen and oxygen atoms in total. The number of carbonyl (C=O) groups is 1. The number of ether oxygens (including phenoxy) is 3. The van der Waals surface area contributed by atoms with Crippen molar-refractivity contribution in [3.8, 4) is 5.75 Å². The first-order chi connectivity index (χ1) is 18.2. The highest BCUT2D eigenvalue weighted by Crippen LogP contribution is 2.60. The summed E-state index contributed by atoms with van der Waals surface area (Å²) in [5.74, 6) is 0.732. The molecule has 0 spiro atoms. The minimum Gasteiger partial charge on any atom is -0.488 e. The molecule has 8 rings (SSSR count). The van der Waals surface area contributed by atoms with Gasteiger partial charge in [0.2, 0.25) is 0 Å². The Kier molecular flexibility index (Phi) is 5.32. The van der Waals surface area contributed by atoms with Crippen LogP contribution in [-0.4, -0.2) is 87.1 Å². The molecule has 1 aromatic carbocycles. The van der Waals surface area contributed by atoms with Crippen LogP contribution in [-0.2, 0) is 27.3 Å². The number of hydrogen-bond donors (Lipinski definition) is 1. The molecule has 10 heteroatoms. The Morgan fingerprint density at radius 3 is 2.92 bits per heavy atom. The lowest BCUT2D eigenvalue weighted by atomic mass is 9.66. The van der Waals surface area contributed by atoms with Gasteiger partial charge in [0.25, 0.3) is 5.91 Å². The smallest absolute Gasteiger partial charge is 0.254 e. The first-order valence-corrected chi connectivity index (χ1v) is 13.7. The molecule has 1 aliphatic carbocycles. The van der Waals surface area contributed by atoms with Gasteiger partial charge in [-0.05, 0) is 62.9 Å². The number of aliphatic hydroxyl groups excluding tert-OH is 1. The summed E-state index contributed by atoms with van der Waals surface area (Å²) in [5, 5.41) is 22.4. The van der Waals surface area contributed by atoms with Gasteiger partial charge >= 0.3 is 0 Å². The molecular formula is C28H35N5O5. The predicted molar refractivity (Wildman–Crippen MR) is 138 cm³/mol. The number of nitrogens with zero attached hydrogens (tertiary/aromatic N) is 5. The lowest BCUT2D eigenvalue weighted by Crippen LogP contribution is -2.63. The summed E-state index contributed by atoms with van der Waals surface area (Å²) in [5.41, 5.74) is 1.97. The van der Waals surface area contributed by atoms with E-state index in [-0.39, 0.29) is 17.6 Å². The maximum Gasteiger partial charge on any atom is 0.254 e. The van der Waals surface area contributed by atoms with Crippen LogP contribution in [0.5, 0.6) is 5.75 Å². The maximum absolute atomic E-state index is 13.4. The highest BCUT2D eigenvalue weighted by molar-refractivity contribution is 5.85. The Morgan fingerprint density at radius 2 is 2.13 bits per heavy atom. The van der Waals surface area contributed by atoms with E-state index < -0.39 is 23.3 Å². The Morgan fingerprint density at radius 1 is 1.29 bits per heavy atom. The van der Waals surface area contributed by atoms with Crippen LogP contribution in [0.3, 0.4) is 0 Å². The van der Waals surface area contributed by atoms with Gasteiger partial charge in [-0.1, -0.05) is 5.22 Å². The van der Waals surface area contributed by atoms with Crippen LogP contribution in [0, 0.1) is 0 Å². The second-order valence-electron chi connectivity index (χ2n) is 12.2. The molecule has 3 saturated heterocycles. The molecule has 2 aromatic rings. The molecule has 3 unspecified atom stereocenters. The van der Waals surface area contributed by atoms with Crippen LogP contribution in [0.15, 0.2) is 34.7 Å². The van der Waals surface area contributed by atoms with E-state index in [9.17, 15) is 9.90 Å². The molecule has 0 radical (unpaired) electrons. The van der Waals surface area contributed by atoms with Crippen molar-refractivity contribution < 1.29 is 24.1 Å². The van der Waals surface area contributed by atoms with Gasteiger partial charge in [-0.2, -0.15) is 5.11 Å². The monoisotopic (exact) mass is 521 g/mol. The normalized spacial score (nSPS) is 36.4. The number of aromatic nitrogens is 1. The molecule has 38 heavy (non-hydrogen) atoms. The van der Waals surface area contributed by atoms with Gasteiger partial charge in [0.05, 0.1) is 37.0 Å². The van der Waals surface area contributed by atoms with Crippen LogP contribution in [0.1, 0.15) is 51.2 Å². The summed E-state index contributed by atoms with van der Waals surface area (Å²) in [6.45, 7) is 8.94. The summed E-state index contributed by atoms with van der Waals surface area (Å²) < 4.78 is 18.4. The minimum absolute atomic E-state index is 0.0469. The molecule has 1 saturated carbocycles. The van der Waals surface area contributed by atoms with Crippen molar-refractivity contribution in [1.82, 2.24) is 14.9 Å². The van der Waals surface area contributed by atoms with Crippen molar-refractivity contribution in [1.29, 1.82) is 0 Å². The van der Waals surface area contributed by atoms with Crippen molar-refractivity contribution in [2.75, 3.05) is 26.2 Å². The molecule has 202 valence electrons. The van der Waals surface area contributed by atoms with Gasteiger partial charge in [0.15, 0.2) is 6.10 Å². The number of β-amino-alcohol motifs (C(OH)–C–C–N with tert-alkyl or cyclic N) is 1. The van der Waals surface area contributed by atoms with E-state index in [0.717, 1.165) is 41.5 Å².